The van der Waals surface area contributed by atoms with Gasteiger partial charge in [0.2, 0.25) is 0 Å². The Labute approximate surface area is 151 Å². The molecule has 0 saturated heterocycles. The number of anilines is 1. The second-order valence-corrected chi connectivity index (χ2v) is 5.52. The largest absolute Gasteiger partial charge is 0.379 e. The van der Waals surface area contributed by atoms with Gasteiger partial charge in [-0.3, -0.25) is 4.99 Å². The average molecular weight is 419 g/mol. The lowest BCUT2D eigenvalue weighted by molar-refractivity contribution is 0.117. The molecule has 0 aliphatic heterocycles. The third-order valence-electron chi connectivity index (χ3n) is 3.22. The summed E-state index contributed by atoms with van der Waals surface area (Å²) in [7, 11) is 0. The molecular formula is C17H30IN3O. The first kappa shape index (κ1) is 21.2. The molecule has 0 unspecified atom stereocenters. The van der Waals surface area contributed by atoms with Crippen molar-refractivity contribution in [2.45, 2.75) is 40.5 Å². The van der Waals surface area contributed by atoms with Gasteiger partial charge >= 0.3 is 0 Å². The maximum atomic E-state index is 5.98. The van der Waals surface area contributed by atoms with Crippen LogP contribution in [0.15, 0.2) is 23.2 Å². The van der Waals surface area contributed by atoms with E-state index in [-0.39, 0.29) is 24.0 Å². The minimum atomic E-state index is 0. The number of guanidine groups is 1. The zero-order valence-corrected chi connectivity index (χ0v) is 16.5. The Morgan fingerprint density at radius 1 is 1.23 bits per heavy atom. The fraction of sp³-hybridized carbons (Fsp3) is 0.588. The Morgan fingerprint density at radius 2 is 1.82 bits per heavy atom. The molecule has 0 aromatic heterocycles. The second-order valence-electron chi connectivity index (χ2n) is 5.52. The van der Waals surface area contributed by atoms with E-state index in [4.69, 9.17) is 10.5 Å². The Balaban J connectivity index is 0.00000441. The molecule has 0 fully saturated rings. The van der Waals surface area contributed by atoms with Crippen molar-refractivity contribution in [2.24, 2.45) is 16.6 Å². The highest BCUT2D eigenvalue weighted by Gasteiger charge is 2.06. The van der Waals surface area contributed by atoms with E-state index in [0.29, 0.717) is 25.0 Å². The van der Waals surface area contributed by atoms with Crippen molar-refractivity contribution in [3.8, 4) is 0 Å². The van der Waals surface area contributed by atoms with E-state index in [0.717, 1.165) is 25.1 Å². The van der Waals surface area contributed by atoms with Crippen LogP contribution >= 0.6 is 24.0 Å². The Morgan fingerprint density at radius 3 is 2.32 bits per heavy atom. The second kappa shape index (κ2) is 11.7. The molecule has 0 aliphatic carbocycles. The molecule has 0 amide bonds. The van der Waals surface area contributed by atoms with Crippen molar-refractivity contribution < 1.29 is 4.74 Å². The highest BCUT2D eigenvalue weighted by Crippen LogP contribution is 2.22. The highest BCUT2D eigenvalue weighted by molar-refractivity contribution is 14.0. The minimum Gasteiger partial charge on any atom is -0.379 e. The van der Waals surface area contributed by atoms with Crippen LogP contribution < -0.4 is 11.1 Å². The number of benzene rings is 1. The zero-order chi connectivity index (χ0) is 15.7. The smallest absolute Gasteiger partial charge is 0.193 e. The molecule has 1 aromatic carbocycles. The summed E-state index contributed by atoms with van der Waals surface area (Å²) < 4.78 is 5.50. The molecule has 0 atom stereocenters. The molecule has 4 nitrogen and oxygen atoms in total. The molecule has 126 valence electrons. The van der Waals surface area contributed by atoms with Crippen molar-refractivity contribution in [3.05, 3.63) is 29.3 Å². The first-order chi connectivity index (χ1) is 10.1. The number of rotatable bonds is 8. The standard InChI is InChI=1S/C17H29N3O.HI/c1-5-14-8-7-9-15(6-2)16(14)20-17(18)19-10-11-21-12-13(3)4;/h7-9,13H,5-6,10-12H2,1-4H3,(H3,18,19,20);1H. The average Bonchev–Trinajstić information content (AvgIpc) is 2.46. The van der Waals surface area contributed by atoms with Crippen LogP contribution in [0.5, 0.6) is 0 Å². The summed E-state index contributed by atoms with van der Waals surface area (Å²) in [5.74, 6) is 1.01. The number of hydrogen-bond donors (Lipinski definition) is 2. The maximum Gasteiger partial charge on any atom is 0.193 e. The van der Waals surface area contributed by atoms with Crippen LogP contribution in [0, 0.1) is 5.92 Å². The van der Waals surface area contributed by atoms with E-state index in [1.165, 1.54) is 11.1 Å². The molecule has 0 spiro atoms. The fourth-order valence-electron chi connectivity index (χ4n) is 2.12. The van der Waals surface area contributed by atoms with Gasteiger partial charge in [0.15, 0.2) is 5.96 Å². The van der Waals surface area contributed by atoms with Crippen molar-refractivity contribution in [2.75, 3.05) is 25.1 Å². The number of nitrogens with zero attached hydrogens (tertiary/aromatic N) is 1. The van der Waals surface area contributed by atoms with Crippen molar-refractivity contribution in [1.29, 1.82) is 0 Å². The molecule has 1 aromatic rings. The summed E-state index contributed by atoms with van der Waals surface area (Å²) in [6, 6.07) is 6.34. The molecule has 5 heteroatoms. The number of nitrogens with two attached hydrogens (primary N) is 1. The zero-order valence-electron chi connectivity index (χ0n) is 14.2. The van der Waals surface area contributed by atoms with Gasteiger partial charge in [-0.1, -0.05) is 45.9 Å². The lowest BCUT2D eigenvalue weighted by Gasteiger charge is -2.14. The normalized spacial score (nSPS) is 11.4. The Hall–Kier alpha value is -0.820. The molecule has 22 heavy (non-hydrogen) atoms. The third-order valence-corrected chi connectivity index (χ3v) is 3.22. The van der Waals surface area contributed by atoms with Gasteiger partial charge in [0, 0.05) is 12.3 Å². The summed E-state index contributed by atoms with van der Waals surface area (Å²) in [5.41, 5.74) is 9.62. The molecule has 0 aliphatic rings. The first-order valence-electron chi connectivity index (χ1n) is 7.83. The number of hydrogen-bond acceptors (Lipinski definition) is 2. The van der Waals surface area contributed by atoms with Gasteiger partial charge in [0.05, 0.1) is 13.2 Å². The number of ether oxygens (including phenoxy) is 1. The summed E-state index contributed by atoms with van der Waals surface area (Å²) in [6.07, 6.45) is 1.95. The molecule has 0 heterocycles. The third kappa shape index (κ3) is 7.45. The summed E-state index contributed by atoms with van der Waals surface area (Å²) in [5, 5.41) is 3.25. The SMILES string of the molecule is CCc1cccc(CC)c1NC(N)=NCCOCC(C)C.I. The minimum absolute atomic E-state index is 0. The van der Waals surface area contributed by atoms with Crippen molar-refractivity contribution in [3.63, 3.8) is 0 Å². The lowest BCUT2D eigenvalue weighted by atomic mass is 10.0. The van der Waals surface area contributed by atoms with E-state index >= 15 is 0 Å². The van der Waals surface area contributed by atoms with E-state index in [1.807, 2.05) is 0 Å². The Bertz CT molecular complexity index is 439. The van der Waals surface area contributed by atoms with Crippen LogP contribution in [0.4, 0.5) is 5.69 Å². The first-order valence-corrected chi connectivity index (χ1v) is 7.83. The van der Waals surface area contributed by atoms with Crippen molar-refractivity contribution >= 4 is 35.6 Å². The number of aliphatic imine (C=N–C) groups is 1. The molecule has 0 bridgehead atoms. The van der Waals surface area contributed by atoms with Crippen LogP contribution in [0.3, 0.4) is 0 Å². The summed E-state index contributed by atoms with van der Waals surface area (Å²) in [6.45, 7) is 10.5. The van der Waals surface area contributed by atoms with Gasteiger partial charge in [-0.15, -0.1) is 24.0 Å². The van der Waals surface area contributed by atoms with Crippen LogP contribution in [0.25, 0.3) is 0 Å². The van der Waals surface area contributed by atoms with Gasteiger partial charge in [0.1, 0.15) is 0 Å². The van der Waals surface area contributed by atoms with Crippen LogP contribution in [-0.2, 0) is 17.6 Å². The van der Waals surface area contributed by atoms with Crippen LogP contribution in [-0.4, -0.2) is 25.7 Å². The van der Waals surface area contributed by atoms with Crippen LogP contribution in [0.2, 0.25) is 0 Å². The molecular weight excluding hydrogens is 389 g/mol. The van der Waals surface area contributed by atoms with Gasteiger partial charge in [-0.2, -0.15) is 0 Å². The maximum absolute atomic E-state index is 5.98. The summed E-state index contributed by atoms with van der Waals surface area (Å²) >= 11 is 0. The highest BCUT2D eigenvalue weighted by atomic mass is 127. The van der Waals surface area contributed by atoms with Crippen molar-refractivity contribution in [1.82, 2.24) is 0 Å². The quantitative estimate of drug-likeness (QED) is 0.292. The molecule has 0 radical (unpaired) electrons. The number of para-hydroxylation sites is 1. The molecule has 0 saturated carbocycles. The lowest BCUT2D eigenvalue weighted by Crippen LogP contribution is -2.25. The monoisotopic (exact) mass is 419 g/mol. The van der Waals surface area contributed by atoms with Gasteiger partial charge in [-0.05, 0) is 29.9 Å². The van der Waals surface area contributed by atoms with Gasteiger partial charge in [-0.25, -0.2) is 0 Å². The van der Waals surface area contributed by atoms with Gasteiger partial charge < -0.3 is 15.8 Å². The predicted molar refractivity (Wildman–Crippen MR) is 106 cm³/mol. The van der Waals surface area contributed by atoms with Gasteiger partial charge in [0.25, 0.3) is 0 Å². The topological polar surface area (TPSA) is 59.6 Å². The van der Waals surface area contributed by atoms with E-state index in [1.54, 1.807) is 0 Å². The van der Waals surface area contributed by atoms with Crippen LogP contribution in [0.1, 0.15) is 38.8 Å². The molecule has 3 N–H and O–H groups in total. The predicted octanol–water partition coefficient (Wildman–Crippen LogP) is 3.83. The number of nitrogens with one attached hydrogen (secondary N) is 1. The number of aryl methyl sites for hydroxylation is 2. The fourth-order valence-corrected chi connectivity index (χ4v) is 2.12. The van der Waals surface area contributed by atoms with E-state index < -0.39 is 0 Å². The number of halogens is 1. The van der Waals surface area contributed by atoms with E-state index in [9.17, 15) is 0 Å². The summed E-state index contributed by atoms with van der Waals surface area (Å²) in [4.78, 5) is 4.33. The van der Waals surface area contributed by atoms with E-state index in [2.05, 4.69) is 56.2 Å². The molecule has 1 rings (SSSR count). The Kier molecular flexibility index (Phi) is 11.3.